The van der Waals surface area contributed by atoms with Crippen LogP contribution < -0.4 is 5.32 Å². The number of H-pyrrole nitrogens is 2. The van der Waals surface area contributed by atoms with Gasteiger partial charge in [-0.2, -0.15) is 5.10 Å². The van der Waals surface area contributed by atoms with Gasteiger partial charge in [-0.3, -0.25) is 9.89 Å². The first kappa shape index (κ1) is 20.1. The Morgan fingerprint density at radius 1 is 1.23 bits per heavy atom. The molecular formula is C23H21Cl2N5O. The Labute approximate surface area is 189 Å². The highest BCUT2D eigenvalue weighted by molar-refractivity contribution is 6.36. The summed E-state index contributed by atoms with van der Waals surface area (Å²) >= 11 is 13.3. The van der Waals surface area contributed by atoms with Crippen molar-refractivity contribution in [2.75, 3.05) is 5.32 Å². The van der Waals surface area contributed by atoms with Gasteiger partial charge in [0.1, 0.15) is 0 Å². The predicted octanol–water partition coefficient (Wildman–Crippen LogP) is 5.82. The fourth-order valence-electron chi connectivity index (χ4n) is 4.00. The Kier molecular flexibility index (Phi) is 4.99. The van der Waals surface area contributed by atoms with Crippen molar-refractivity contribution < 1.29 is 4.79 Å². The lowest BCUT2D eigenvalue weighted by Gasteiger charge is -2.11. The van der Waals surface area contributed by atoms with Gasteiger partial charge in [-0.1, -0.05) is 23.2 Å². The van der Waals surface area contributed by atoms with Crippen LogP contribution in [0.4, 0.5) is 5.82 Å². The van der Waals surface area contributed by atoms with Crippen LogP contribution in [0, 0.1) is 19.8 Å². The van der Waals surface area contributed by atoms with Gasteiger partial charge in [0.05, 0.1) is 11.2 Å². The zero-order valence-corrected chi connectivity index (χ0v) is 18.7. The van der Waals surface area contributed by atoms with E-state index >= 15 is 0 Å². The highest BCUT2D eigenvalue weighted by Crippen LogP contribution is 2.37. The minimum absolute atomic E-state index is 0.0302. The van der Waals surface area contributed by atoms with E-state index in [1.165, 1.54) is 0 Å². The molecule has 0 radical (unpaired) electrons. The highest BCUT2D eigenvalue weighted by atomic mass is 35.5. The molecule has 0 spiro atoms. The number of fused-ring (bicyclic) bond motifs is 1. The van der Waals surface area contributed by atoms with Crippen molar-refractivity contribution in [3.63, 3.8) is 0 Å². The van der Waals surface area contributed by atoms with Gasteiger partial charge in [-0.25, -0.2) is 4.98 Å². The Balaban J connectivity index is 1.48. The molecule has 3 N–H and O–H groups in total. The Morgan fingerprint density at radius 3 is 2.61 bits per heavy atom. The zero-order valence-electron chi connectivity index (χ0n) is 17.1. The van der Waals surface area contributed by atoms with Gasteiger partial charge in [0, 0.05) is 51.4 Å². The van der Waals surface area contributed by atoms with Crippen molar-refractivity contribution in [1.82, 2.24) is 20.2 Å². The number of hydrogen-bond donors (Lipinski definition) is 3. The van der Waals surface area contributed by atoms with Crippen molar-refractivity contribution in [3.8, 4) is 11.1 Å². The molecule has 6 nitrogen and oxygen atoms in total. The molecule has 0 bridgehead atoms. The Morgan fingerprint density at radius 2 is 1.97 bits per heavy atom. The number of anilines is 1. The molecule has 0 unspecified atom stereocenters. The summed E-state index contributed by atoms with van der Waals surface area (Å²) in [4.78, 5) is 19.8. The first-order valence-electron chi connectivity index (χ1n) is 10.2. The second kappa shape index (κ2) is 7.70. The number of nitrogens with one attached hydrogen (secondary N) is 3. The average molecular weight is 454 g/mol. The van der Waals surface area contributed by atoms with Crippen molar-refractivity contribution in [2.24, 2.45) is 5.92 Å². The predicted molar refractivity (Wildman–Crippen MR) is 124 cm³/mol. The smallest absolute Gasteiger partial charge is 0.228 e. The summed E-state index contributed by atoms with van der Waals surface area (Å²) in [7, 11) is 0. The topological polar surface area (TPSA) is 86.5 Å². The fraction of sp³-hybridized carbons (Fsp3) is 0.261. The Hall–Kier alpha value is -2.83. The molecule has 1 fully saturated rings. The van der Waals surface area contributed by atoms with Gasteiger partial charge in [-0.15, -0.1) is 0 Å². The molecule has 1 saturated carbocycles. The number of rotatable bonds is 5. The summed E-state index contributed by atoms with van der Waals surface area (Å²) in [6, 6.07) is 5.80. The van der Waals surface area contributed by atoms with Crippen LogP contribution in [-0.2, 0) is 11.2 Å². The number of aromatic amines is 2. The molecule has 1 aliphatic carbocycles. The number of benzene rings is 1. The number of hydrogen-bond acceptors (Lipinski definition) is 3. The van der Waals surface area contributed by atoms with Crippen LogP contribution in [0.2, 0.25) is 10.0 Å². The van der Waals surface area contributed by atoms with Crippen LogP contribution >= 0.6 is 23.2 Å². The molecule has 3 heterocycles. The van der Waals surface area contributed by atoms with Gasteiger partial charge < -0.3 is 10.3 Å². The molecule has 1 aromatic carbocycles. The number of nitrogens with zero attached hydrogens (tertiary/aromatic N) is 2. The molecule has 5 rings (SSSR count). The second-order valence-electron chi connectivity index (χ2n) is 8.06. The van der Waals surface area contributed by atoms with Crippen LogP contribution in [0.15, 0.2) is 30.6 Å². The zero-order chi connectivity index (χ0) is 21.7. The van der Waals surface area contributed by atoms with Crippen LogP contribution in [-0.4, -0.2) is 26.1 Å². The molecule has 0 atom stereocenters. The summed E-state index contributed by atoms with van der Waals surface area (Å²) in [5.41, 5.74) is 6.53. The quantitative estimate of drug-likeness (QED) is 0.355. The molecule has 3 aromatic heterocycles. The molecule has 31 heavy (non-hydrogen) atoms. The Bertz CT molecular complexity index is 1280. The second-order valence-corrected chi connectivity index (χ2v) is 8.88. The number of aryl methyl sites for hydroxylation is 2. The third-order valence-corrected chi connectivity index (χ3v) is 6.48. The van der Waals surface area contributed by atoms with E-state index in [0.29, 0.717) is 22.3 Å². The fourth-order valence-corrected chi connectivity index (χ4v) is 4.62. The number of carbonyl (C=O) groups excluding carboxylic acids is 1. The van der Waals surface area contributed by atoms with Gasteiger partial charge >= 0.3 is 0 Å². The van der Waals surface area contributed by atoms with E-state index in [-0.39, 0.29) is 11.8 Å². The average Bonchev–Trinajstić information content (AvgIpc) is 3.42. The maximum Gasteiger partial charge on any atom is 0.228 e. The van der Waals surface area contributed by atoms with Crippen molar-refractivity contribution in [3.05, 3.63) is 63.2 Å². The highest BCUT2D eigenvalue weighted by Gasteiger charge is 2.30. The number of pyridine rings is 1. The van der Waals surface area contributed by atoms with E-state index in [1.54, 1.807) is 6.20 Å². The summed E-state index contributed by atoms with van der Waals surface area (Å²) in [5, 5.41) is 12.4. The standard InChI is InChI=1S/C23H21Cl2N5O/c1-11-20(12(2)30-29-11)14-8-18(24)17(19(25)9-14)7-15-10-27-21-16(15)5-6-26-22(21)28-23(31)13-3-4-13/h5-6,8-10,13,27H,3-4,7H2,1-2H3,(H,29,30)(H,26,28,31). The van der Waals surface area contributed by atoms with E-state index in [9.17, 15) is 4.79 Å². The number of amides is 1. The number of carbonyl (C=O) groups is 1. The third kappa shape index (κ3) is 3.70. The van der Waals surface area contributed by atoms with Crippen LogP contribution in [0.3, 0.4) is 0 Å². The lowest BCUT2D eigenvalue weighted by molar-refractivity contribution is -0.117. The number of aromatic nitrogens is 4. The molecular weight excluding hydrogens is 433 g/mol. The van der Waals surface area contributed by atoms with Crippen LogP contribution in [0.1, 0.15) is 35.4 Å². The molecule has 1 aliphatic rings. The summed E-state index contributed by atoms with van der Waals surface area (Å²) in [6.45, 7) is 3.93. The van der Waals surface area contributed by atoms with E-state index in [4.69, 9.17) is 23.2 Å². The van der Waals surface area contributed by atoms with Crippen molar-refractivity contribution in [1.29, 1.82) is 0 Å². The summed E-state index contributed by atoms with van der Waals surface area (Å²) in [5.74, 6) is 0.701. The first-order chi connectivity index (χ1) is 14.9. The minimum atomic E-state index is 0.0302. The van der Waals surface area contributed by atoms with Gasteiger partial charge in [0.25, 0.3) is 0 Å². The third-order valence-electron chi connectivity index (χ3n) is 5.80. The van der Waals surface area contributed by atoms with E-state index in [1.807, 2.05) is 38.2 Å². The SMILES string of the molecule is Cc1n[nH]c(C)c1-c1cc(Cl)c(Cc2c[nH]c3c(NC(=O)C4CC4)nccc23)c(Cl)c1. The summed E-state index contributed by atoms with van der Waals surface area (Å²) in [6.07, 6.45) is 6.08. The van der Waals surface area contributed by atoms with Crippen molar-refractivity contribution in [2.45, 2.75) is 33.1 Å². The molecule has 0 saturated heterocycles. The van der Waals surface area contributed by atoms with Crippen LogP contribution in [0.25, 0.3) is 22.0 Å². The van der Waals surface area contributed by atoms with Crippen molar-refractivity contribution >= 4 is 45.8 Å². The van der Waals surface area contributed by atoms with Gasteiger partial charge in [-0.05, 0) is 61.6 Å². The molecule has 0 aliphatic heterocycles. The lowest BCUT2D eigenvalue weighted by atomic mass is 9.99. The van der Waals surface area contributed by atoms with E-state index in [2.05, 4.69) is 25.5 Å². The molecule has 4 aromatic rings. The van der Waals surface area contributed by atoms with E-state index < -0.39 is 0 Å². The van der Waals surface area contributed by atoms with Gasteiger partial charge in [0.2, 0.25) is 5.91 Å². The lowest BCUT2D eigenvalue weighted by Crippen LogP contribution is -2.14. The molecule has 158 valence electrons. The maximum absolute atomic E-state index is 12.2. The monoisotopic (exact) mass is 453 g/mol. The maximum atomic E-state index is 12.2. The first-order valence-corrected chi connectivity index (χ1v) is 10.9. The molecule has 8 heteroatoms. The van der Waals surface area contributed by atoms with E-state index in [0.717, 1.165) is 57.4 Å². The van der Waals surface area contributed by atoms with Crippen LogP contribution in [0.5, 0.6) is 0 Å². The number of halogens is 2. The van der Waals surface area contributed by atoms with Gasteiger partial charge in [0.15, 0.2) is 5.82 Å². The summed E-state index contributed by atoms with van der Waals surface area (Å²) < 4.78 is 0. The normalized spacial score (nSPS) is 13.7. The molecule has 1 amide bonds. The largest absolute Gasteiger partial charge is 0.358 e. The minimum Gasteiger partial charge on any atom is -0.358 e.